The number of epoxide rings is 2. The number of hydrogen-bond acceptors (Lipinski definition) is 8. The smallest absolute Gasteiger partial charge is 0.331 e. The zero-order valence-electron chi connectivity index (χ0n) is 21.8. The number of benzene rings is 1. The molecular formula is C28H38O8. The van der Waals surface area contributed by atoms with Gasteiger partial charge >= 0.3 is 5.97 Å². The van der Waals surface area contributed by atoms with Gasteiger partial charge in [0.1, 0.15) is 29.2 Å². The maximum atomic E-state index is 12.8. The molecule has 6 atom stereocenters. The molecule has 0 amide bonds. The van der Waals surface area contributed by atoms with Crippen LogP contribution < -0.4 is 4.74 Å². The van der Waals surface area contributed by atoms with Gasteiger partial charge < -0.3 is 33.9 Å². The quantitative estimate of drug-likeness (QED) is 0.217. The molecule has 198 valence electrons. The molecule has 2 aliphatic heterocycles. The van der Waals surface area contributed by atoms with Gasteiger partial charge in [-0.05, 0) is 69.4 Å². The predicted molar refractivity (Wildman–Crippen MR) is 133 cm³/mol. The minimum Gasteiger partial charge on any atom is -0.496 e. The fourth-order valence-electron chi connectivity index (χ4n) is 5.75. The second-order valence-electron chi connectivity index (χ2n) is 10.4. The van der Waals surface area contributed by atoms with Crippen molar-refractivity contribution in [3.05, 3.63) is 46.5 Å². The standard InChI is InChI=1S/C28H38O8/c1-17(2)6-8-23-27(3,36-23)26-25(33-5)21(10-11-28(26)16-34-28)35-24(31)9-7-18-12-19(14-29)20(15-30)22(13-18)32-4/h6-7,9,12-13,21,23,25-26,29-30H,8,10-11,14-16H2,1-5H3/t21-,23-,25-,26-,27?,28+/m1/s1. The number of allylic oxidation sites excluding steroid dienone is 1. The number of aliphatic hydroxyl groups excluding tert-OH is 2. The van der Waals surface area contributed by atoms with Crippen LogP contribution in [0.1, 0.15) is 56.7 Å². The zero-order valence-corrected chi connectivity index (χ0v) is 21.8. The van der Waals surface area contributed by atoms with Gasteiger partial charge in [0, 0.05) is 18.7 Å². The van der Waals surface area contributed by atoms with Gasteiger partial charge in [0.05, 0.1) is 39.0 Å². The van der Waals surface area contributed by atoms with Crippen molar-refractivity contribution in [1.82, 2.24) is 0 Å². The SMILES string of the molecule is COc1cc(C=CC(=O)O[C@@H]2CC[C@]3(CO3)[C@@H](C3(C)O[C@@H]3CC=C(C)C)[C@@H]2OC)cc(CO)c1CO. The molecule has 1 spiro atoms. The summed E-state index contributed by atoms with van der Waals surface area (Å²) in [6.07, 6.45) is 6.76. The Kier molecular flexibility index (Phi) is 7.92. The number of carbonyl (C=O) groups excluding carboxylic acids is 1. The lowest BCUT2D eigenvalue weighted by Gasteiger charge is -2.42. The molecule has 2 heterocycles. The molecule has 36 heavy (non-hydrogen) atoms. The van der Waals surface area contributed by atoms with E-state index in [9.17, 15) is 15.0 Å². The van der Waals surface area contributed by atoms with Gasteiger partial charge in [-0.3, -0.25) is 0 Å². The van der Waals surface area contributed by atoms with Crippen LogP contribution in [0.2, 0.25) is 0 Å². The van der Waals surface area contributed by atoms with Crippen LogP contribution in [0.3, 0.4) is 0 Å². The van der Waals surface area contributed by atoms with Crippen molar-refractivity contribution in [1.29, 1.82) is 0 Å². The van der Waals surface area contributed by atoms with E-state index in [1.54, 1.807) is 25.3 Å². The van der Waals surface area contributed by atoms with Gasteiger partial charge in [0.15, 0.2) is 0 Å². The lowest BCUT2D eigenvalue weighted by Crippen LogP contribution is -2.55. The van der Waals surface area contributed by atoms with Crippen LogP contribution in [0.5, 0.6) is 5.75 Å². The number of rotatable bonds is 10. The summed E-state index contributed by atoms with van der Waals surface area (Å²) in [4.78, 5) is 12.8. The molecule has 0 bridgehead atoms. The van der Waals surface area contributed by atoms with Crippen molar-refractivity contribution >= 4 is 12.0 Å². The van der Waals surface area contributed by atoms with E-state index in [2.05, 4.69) is 26.8 Å². The molecule has 2 saturated heterocycles. The Hall–Kier alpha value is -2.23. The average molecular weight is 503 g/mol. The Labute approximate surface area is 212 Å². The molecular weight excluding hydrogens is 464 g/mol. The number of aliphatic hydroxyl groups is 2. The Morgan fingerprint density at radius 1 is 1.22 bits per heavy atom. The van der Waals surface area contributed by atoms with Crippen molar-refractivity contribution in [3.8, 4) is 5.75 Å². The van der Waals surface area contributed by atoms with Crippen LogP contribution >= 0.6 is 0 Å². The highest BCUT2D eigenvalue weighted by molar-refractivity contribution is 5.87. The molecule has 4 rings (SSSR count). The minimum absolute atomic E-state index is 0.0384. The van der Waals surface area contributed by atoms with Gasteiger partial charge in [-0.15, -0.1) is 0 Å². The maximum Gasteiger partial charge on any atom is 0.331 e. The first-order chi connectivity index (χ1) is 17.2. The fourth-order valence-corrected chi connectivity index (χ4v) is 5.75. The van der Waals surface area contributed by atoms with E-state index in [-0.39, 0.29) is 36.9 Å². The Balaban J connectivity index is 1.47. The van der Waals surface area contributed by atoms with Crippen molar-refractivity contribution in [3.63, 3.8) is 0 Å². The summed E-state index contributed by atoms with van der Waals surface area (Å²) in [5.74, 6) is -0.0719. The molecule has 1 aliphatic carbocycles. The predicted octanol–water partition coefficient (Wildman–Crippen LogP) is 3.31. The van der Waals surface area contributed by atoms with E-state index in [0.29, 0.717) is 35.5 Å². The summed E-state index contributed by atoms with van der Waals surface area (Å²) < 4.78 is 29.3. The van der Waals surface area contributed by atoms with E-state index >= 15 is 0 Å². The monoisotopic (exact) mass is 502 g/mol. The molecule has 2 N–H and O–H groups in total. The topological polar surface area (TPSA) is 110 Å². The zero-order chi connectivity index (χ0) is 26.1. The van der Waals surface area contributed by atoms with Crippen LogP contribution in [-0.2, 0) is 37.0 Å². The molecule has 1 unspecified atom stereocenters. The normalized spacial score (nSPS) is 33.0. The average Bonchev–Trinajstić information content (AvgIpc) is 3.78. The molecule has 8 heteroatoms. The van der Waals surface area contributed by atoms with Crippen LogP contribution in [-0.4, -0.2) is 66.5 Å². The van der Waals surface area contributed by atoms with Gasteiger partial charge in [0.25, 0.3) is 0 Å². The number of ether oxygens (including phenoxy) is 5. The number of esters is 1. The summed E-state index contributed by atoms with van der Waals surface area (Å²) >= 11 is 0. The highest BCUT2D eigenvalue weighted by Gasteiger charge is 2.72. The Morgan fingerprint density at radius 3 is 2.56 bits per heavy atom. The third-order valence-electron chi connectivity index (χ3n) is 7.79. The molecule has 3 fully saturated rings. The molecule has 0 radical (unpaired) electrons. The minimum atomic E-state index is -0.479. The molecule has 0 aromatic heterocycles. The highest BCUT2D eigenvalue weighted by atomic mass is 16.6. The van der Waals surface area contributed by atoms with Crippen LogP contribution in [0, 0.1) is 5.92 Å². The Morgan fingerprint density at radius 2 is 1.97 bits per heavy atom. The van der Waals surface area contributed by atoms with E-state index in [1.807, 2.05) is 0 Å². The summed E-state index contributed by atoms with van der Waals surface area (Å²) in [6, 6.07) is 3.41. The molecule has 1 saturated carbocycles. The van der Waals surface area contributed by atoms with Crippen LogP contribution in [0.15, 0.2) is 29.9 Å². The lowest BCUT2D eigenvalue weighted by atomic mass is 9.68. The summed E-state index contributed by atoms with van der Waals surface area (Å²) in [5, 5.41) is 19.2. The van der Waals surface area contributed by atoms with Gasteiger partial charge in [-0.25, -0.2) is 4.79 Å². The molecule has 8 nitrogen and oxygen atoms in total. The fraction of sp³-hybridized carbons (Fsp3) is 0.607. The first kappa shape index (κ1) is 26.8. The van der Waals surface area contributed by atoms with Crippen molar-refractivity contribution < 1.29 is 38.7 Å². The first-order valence-electron chi connectivity index (χ1n) is 12.5. The third kappa shape index (κ3) is 5.24. The highest BCUT2D eigenvalue weighted by Crippen LogP contribution is 2.59. The summed E-state index contributed by atoms with van der Waals surface area (Å²) in [5.41, 5.74) is 2.29. The number of hydrogen-bond donors (Lipinski definition) is 2. The van der Waals surface area contributed by atoms with Gasteiger partial charge in [-0.2, -0.15) is 0 Å². The van der Waals surface area contributed by atoms with E-state index in [4.69, 9.17) is 23.7 Å². The largest absolute Gasteiger partial charge is 0.496 e. The van der Waals surface area contributed by atoms with Crippen molar-refractivity contribution in [2.75, 3.05) is 20.8 Å². The maximum absolute atomic E-state index is 12.8. The second-order valence-corrected chi connectivity index (χ2v) is 10.4. The van der Waals surface area contributed by atoms with E-state index in [0.717, 1.165) is 12.8 Å². The van der Waals surface area contributed by atoms with E-state index < -0.39 is 17.7 Å². The molecule has 1 aromatic rings. The van der Waals surface area contributed by atoms with Crippen molar-refractivity contribution in [2.24, 2.45) is 5.92 Å². The number of carbonyl (C=O) groups is 1. The second kappa shape index (κ2) is 10.6. The summed E-state index contributed by atoms with van der Waals surface area (Å²) in [7, 11) is 3.14. The third-order valence-corrected chi connectivity index (χ3v) is 7.79. The number of methoxy groups -OCH3 is 2. The Bertz CT molecular complexity index is 997. The first-order valence-corrected chi connectivity index (χ1v) is 12.5. The van der Waals surface area contributed by atoms with Crippen LogP contribution in [0.4, 0.5) is 0 Å². The van der Waals surface area contributed by atoms with Gasteiger partial charge in [0.2, 0.25) is 0 Å². The lowest BCUT2D eigenvalue weighted by molar-refractivity contribution is -0.166. The summed E-state index contributed by atoms with van der Waals surface area (Å²) in [6.45, 7) is 6.43. The van der Waals surface area contributed by atoms with Gasteiger partial charge in [-0.1, -0.05) is 11.6 Å². The van der Waals surface area contributed by atoms with Crippen molar-refractivity contribution in [2.45, 2.75) is 82.8 Å². The molecule has 1 aromatic carbocycles. The molecule has 3 aliphatic rings. The van der Waals surface area contributed by atoms with E-state index in [1.165, 1.54) is 18.8 Å². The van der Waals surface area contributed by atoms with Crippen LogP contribution in [0.25, 0.3) is 6.08 Å².